The number of aromatic nitrogens is 1. The fourth-order valence-electron chi connectivity index (χ4n) is 2.47. The molecule has 2 aromatic rings. The molecule has 1 aliphatic heterocycles. The molecular weight excluding hydrogens is 308 g/mol. The van der Waals surface area contributed by atoms with Gasteiger partial charge in [-0.05, 0) is 18.6 Å². The Morgan fingerprint density at radius 3 is 3.00 bits per heavy atom. The van der Waals surface area contributed by atoms with Gasteiger partial charge in [-0.25, -0.2) is 13.4 Å². The summed E-state index contributed by atoms with van der Waals surface area (Å²) in [5.41, 5.74) is 1.25. The van der Waals surface area contributed by atoms with Crippen molar-refractivity contribution in [2.75, 3.05) is 18.6 Å². The van der Waals surface area contributed by atoms with E-state index in [-0.39, 0.29) is 24.0 Å². The van der Waals surface area contributed by atoms with Gasteiger partial charge < -0.3 is 14.5 Å². The van der Waals surface area contributed by atoms with E-state index in [1.54, 1.807) is 25.3 Å². The average Bonchev–Trinajstić information content (AvgIpc) is 3.06. The van der Waals surface area contributed by atoms with Gasteiger partial charge in [-0.1, -0.05) is 0 Å². The van der Waals surface area contributed by atoms with Crippen molar-refractivity contribution < 1.29 is 22.4 Å². The monoisotopic (exact) mass is 324 g/mol. The lowest BCUT2D eigenvalue weighted by atomic mass is 10.1. The molecule has 1 amide bonds. The zero-order chi connectivity index (χ0) is 15.7. The van der Waals surface area contributed by atoms with Crippen molar-refractivity contribution in [3.63, 3.8) is 0 Å². The van der Waals surface area contributed by atoms with Crippen LogP contribution >= 0.6 is 0 Å². The predicted octanol–water partition coefficient (Wildman–Crippen LogP) is 0.887. The first kappa shape index (κ1) is 14.8. The van der Waals surface area contributed by atoms with E-state index < -0.39 is 15.8 Å². The van der Waals surface area contributed by atoms with Gasteiger partial charge in [0.05, 0.1) is 31.1 Å². The van der Waals surface area contributed by atoms with Gasteiger partial charge in [0.25, 0.3) is 0 Å². The van der Waals surface area contributed by atoms with Gasteiger partial charge in [0.15, 0.2) is 15.4 Å². The van der Waals surface area contributed by atoms with E-state index in [1.165, 1.54) is 0 Å². The minimum absolute atomic E-state index is 0.0772. The van der Waals surface area contributed by atoms with Crippen LogP contribution in [0.15, 0.2) is 22.6 Å². The Kier molecular flexibility index (Phi) is 3.78. The van der Waals surface area contributed by atoms with E-state index in [9.17, 15) is 13.2 Å². The number of nitrogens with one attached hydrogen (secondary N) is 1. The van der Waals surface area contributed by atoms with Crippen LogP contribution in [-0.4, -0.2) is 37.9 Å². The smallest absolute Gasteiger partial charge is 0.224 e. The number of carbonyl (C=O) groups excluding carboxylic acids is 1. The van der Waals surface area contributed by atoms with E-state index in [1.807, 2.05) is 0 Å². The van der Waals surface area contributed by atoms with Crippen LogP contribution in [0.1, 0.15) is 12.3 Å². The average molecular weight is 324 g/mol. The number of nitrogens with zero attached hydrogens (tertiary/aromatic N) is 1. The highest BCUT2D eigenvalue weighted by molar-refractivity contribution is 7.91. The molecule has 0 radical (unpaired) electrons. The zero-order valence-corrected chi connectivity index (χ0v) is 12.9. The molecule has 1 aromatic carbocycles. The highest BCUT2D eigenvalue weighted by Crippen LogP contribution is 2.22. The number of rotatable bonds is 4. The first-order valence-corrected chi connectivity index (χ1v) is 8.70. The third-order valence-corrected chi connectivity index (χ3v) is 5.42. The molecule has 118 valence electrons. The molecule has 2 heterocycles. The van der Waals surface area contributed by atoms with Crippen LogP contribution in [0.5, 0.6) is 5.75 Å². The van der Waals surface area contributed by atoms with Crippen LogP contribution in [0, 0.1) is 5.92 Å². The quantitative estimate of drug-likeness (QED) is 0.896. The van der Waals surface area contributed by atoms with Crippen molar-refractivity contribution in [2.45, 2.75) is 13.0 Å². The Bertz CT molecular complexity index is 812. The summed E-state index contributed by atoms with van der Waals surface area (Å²) in [5.74, 6) is 0.289. The third-order valence-electron chi connectivity index (χ3n) is 3.66. The van der Waals surface area contributed by atoms with Crippen molar-refractivity contribution in [1.29, 1.82) is 0 Å². The fraction of sp³-hybridized carbons (Fsp3) is 0.429. The van der Waals surface area contributed by atoms with Crippen LogP contribution in [0.2, 0.25) is 0 Å². The summed E-state index contributed by atoms with van der Waals surface area (Å²) in [7, 11) is -1.50. The normalized spacial score (nSPS) is 20.1. The largest absolute Gasteiger partial charge is 0.497 e. The Balaban J connectivity index is 1.65. The summed E-state index contributed by atoms with van der Waals surface area (Å²) in [6, 6.07) is 5.25. The lowest BCUT2D eigenvalue weighted by Gasteiger charge is -2.07. The Morgan fingerprint density at radius 2 is 2.32 bits per heavy atom. The van der Waals surface area contributed by atoms with E-state index >= 15 is 0 Å². The first-order valence-electron chi connectivity index (χ1n) is 6.88. The lowest BCUT2D eigenvalue weighted by molar-refractivity contribution is -0.124. The molecule has 0 aliphatic carbocycles. The Morgan fingerprint density at radius 1 is 1.50 bits per heavy atom. The van der Waals surface area contributed by atoms with Crippen LogP contribution in [0.4, 0.5) is 0 Å². The number of methoxy groups -OCH3 is 1. The minimum Gasteiger partial charge on any atom is -0.497 e. The number of fused-ring (bicyclic) bond motifs is 1. The number of sulfone groups is 1. The molecule has 0 saturated carbocycles. The molecule has 0 bridgehead atoms. The second-order valence-corrected chi connectivity index (χ2v) is 7.49. The molecule has 1 saturated heterocycles. The van der Waals surface area contributed by atoms with E-state index in [0.29, 0.717) is 29.2 Å². The second kappa shape index (κ2) is 5.60. The molecule has 1 fully saturated rings. The second-order valence-electron chi connectivity index (χ2n) is 5.26. The molecule has 1 aliphatic rings. The van der Waals surface area contributed by atoms with Crippen LogP contribution < -0.4 is 10.1 Å². The number of benzene rings is 1. The van der Waals surface area contributed by atoms with Crippen molar-refractivity contribution in [3.8, 4) is 5.75 Å². The van der Waals surface area contributed by atoms with Crippen molar-refractivity contribution in [2.24, 2.45) is 5.92 Å². The van der Waals surface area contributed by atoms with E-state index in [4.69, 9.17) is 9.15 Å². The summed E-state index contributed by atoms with van der Waals surface area (Å²) in [5, 5.41) is 2.68. The van der Waals surface area contributed by atoms with Gasteiger partial charge in [-0.3, -0.25) is 4.79 Å². The van der Waals surface area contributed by atoms with Gasteiger partial charge in [0.2, 0.25) is 11.8 Å². The van der Waals surface area contributed by atoms with Crippen LogP contribution in [0.25, 0.3) is 11.1 Å². The molecular formula is C14H16N2O5S. The predicted molar refractivity (Wildman–Crippen MR) is 79.2 cm³/mol. The number of hydrogen-bond donors (Lipinski definition) is 1. The molecule has 7 nitrogen and oxygen atoms in total. The number of amides is 1. The number of oxazole rings is 1. The SMILES string of the molecule is COc1ccc2oc(CNC(=O)C3CCS(=O)(=O)C3)nc2c1. The highest BCUT2D eigenvalue weighted by atomic mass is 32.2. The Hall–Kier alpha value is -2.09. The maximum absolute atomic E-state index is 12.0. The third kappa shape index (κ3) is 3.06. The zero-order valence-electron chi connectivity index (χ0n) is 12.0. The van der Waals surface area contributed by atoms with Gasteiger partial charge in [0.1, 0.15) is 11.3 Å². The highest BCUT2D eigenvalue weighted by Gasteiger charge is 2.32. The molecule has 22 heavy (non-hydrogen) atoms. The van der Waals surface area contributed by atoms with E-state index in [0.717, 1.165) is 0 Å². The van der Waals surface area contributed by atoms with Gasteiger partial charge >= 0.3 is 0 Å². The van der Waals surface area contributed by atoms with Crippen molar-refractivity contribution in [3.05, 3.63) is 24.1 Å². The maximum Gasteiger partial charge on any atom is 0.224 e. The summed E-state index contributed by atoms with van der Waals surface area (Å²) >= 11 is 0. The standard InChI is InChI=1S/C14H16N2O5S/c1-20-10-2-3-12-11(6-10)16-13(21-12)7-15-14(17)9-4-5-22(18,19)8-9/h2-3,6,9H,4-5,7-8H2,1H3,(H,15,17). The Labute approximate surface area is 127 Å². The molecule has 1 unspecified atom stereocenters. The molecule has 1 N–H and O–H groups in total. The molecule has 8 heteroatoms. The number of hydrogen-bond acceptors (Lipinski definition) is 6. The van der Waals surface area contributed by atoms with Gasteiger partial charge in [-0.2, -0.15) is 0 Å². The summed E-state index contributed by atoms with van der Waals surface area (Å²) < 4.78 is 33.4. The minimum atomic E-state index is -3.07. The van der Waals surface area contributed by atoms with E-state index in [2.05, 4.69) is 10.3 Å². The topological polar surface area (TPSA) is 98.5 Å². The number of ether oxygens (including phenoxy) is 1. The number of carbonyl (C=O) groups is 1. The van der Waals surface area contributed by atoms with Gasteiger partial charge in [-0.15, -0.1) is 0 Å². The summed E-state index contributed by atoms with van der Waals surface area (Å²) in [6.45, 7) is 0.131. The maximum atomic E-state index is 12.0. The first-order chi connectivity index (χ1) is 10.5. The molecule has 0 spiro atoms. The van der Waals surface area contributed by atoms with Crippen molar-refractivity contribution in [1.82, 2.24) is 10.3 Å². The summed E-state index contributed by atoms with van der Waals surface area (Å²) in [4.78, 5) is 16.2. The summed E-state index contributed by atoms with van der Waals surface area (Å²) in [6.07, 6.45) is 0.374. The lowest BCUT2D eigenvalue weighted by Crippen LogP contribution is -2.31. The molecule has 1 atom stereocenters. The fourth-order valence-corrected chi connectivity index (χ4v) is 4.21. The molecule has 3 rings (SSSR count). The van der Waals surface area contributed by atoms with Crippen LogP contribution in [-0.2, 0) is 21.2 Å². The van der Waals surface area contributed by atoms with Crippen LogP contribution in [0.3, 0.4) is 0 Å². The molecule has 1 aromatic heterocycles. The van der Waals surface area contributed by atoms with Crippen molar-refractivity contribution >= 4 is 26.8 Å². The van der Waals surface area contributed by atoms with Gasteiger partial charge in [0, 0.05) is 6.07 Å².